The second kappa shape index (κ2) is 9.49. The molecule has 2 atom stereocenters. The monoisotopic (exact) mass is 544 g/mol. The molecule has 3 aromatic heterocycles. The van der Waals surface area contributed by atoms with Crippen molar-refractivity contribution in [3.63, 3.8) is 0 Å². The highest BCUT2D eigenvalue weighted by molar-refractivity contribution is 6.31. The molecule has 0 spiro atoms. The molecule has 5 aromatic rings. The van der Waals surface area contributed by atoms with Gasteiger partial charge >= 0.3 is 6.09 Å². The molecule has 3 heterocycles. The molecule has 2 unspecified atom stereocenters. The third-order valence-corrected chi connectivity index (χ3v) is 7.13. The summed E-state index contributed by atoms with van der Waals surface area (Å²) in [6.07, 6.45) is 2.91. The second-order valence-electron chi connectivity index (χ2n) is 9.19. The number of aliphatic hydroxyl groups is 1. The van der Waals surface area contributed by atoms with E-state index in [9.17, 15) is 15.1 Å². The van der Waals surface area contributed by atoms with E-state index in [0.29, 0.717) is 50.3 Å². The third-order valence-electron chi connectivity index (χ3n) is 6.89. The van der Waals surface area contributed by atoms with Crippen molar-refractivity contribution in [3.05, 3.63) is 94.6 Å². The number of carbonyl (C=O) groups is 1. The third kappa shape index (κ3) is 4.35. The molecule has 13 heteroatoms. The van der Waals surface area contributed by atoms with Crippen molar-refractivity contribution < 1.29 is 19.7 Å². The number of aromatic nitrogens is 7. The smallest absolute Gasteiger partial charge is 0.411 e. The average molecular weight is 545 g/mol. The van der Waals surface area contributed by atoms with Crippen molar-refractivity contribution >= 4 is 23.4 Å². The number of anilines is 1. The van der Waals surface area contributed by atoms with Crippen LogP contribution in [-0.2, 0) is 0 Å². The molecule has 6 rings (SSSR count). The molecule has 12 nitrogen and oxygen atoms in total. The summed E-state index contributed by atoms with van der Waals surface area (Å²) in [5.41, 5.74) is 4.78. The zero-order valence-electron chi connectivity index (χ0n) is 20.4. The summed E-state index contributed by atoms with van der Waals surface area (Å²) >= 11 is 6.27. The van der Waals surface area contributed by atoms with Gasteiger partial charge in [0.15, 0.2) is 6.20 Å². The summed E-state index contributed by atoms with van der Waals surface area (Å²) in [5, 5.41) is 45.3. The van der Waals surface area contributed by atoms with Crippen LogP contribution in [0.5, 0.6) is 0 Å². The van der Waals surface area contributed by atoms with E-state index in [1.165, 1.54) is 24.3 Å². The Kier molecular flexibility index (Phi) is 5.97. The Morgan fingerprint density at radius 2 is 2.00 bits per heavy atom. The minimum atomic E-state index is -1.05. The molecule has 3 N–H and O–H groups in total. The van der Waals surface area contributed by atoms with Gasteiger partial charge in [-0.05, 0) is 58.8 Å². The predicted molar refractivity (Wildman–Crippen MR) is 140 cm³/mol. The maximum absolute atomic E-state index is 13.4. The molecule has 0 fully saturated rings. The summed E-state index contributed by atoms with van der Waals surface area (Å²) in [5.74, 6) is 0.0927. The van der Waals surface area contributed by atoms with E-state index < -0.39 is 18.1 Å². The summed E-state index contributed by atoms with van der Waals surface area (Å²) < 4.78 is 2.25. The van der Waals surface area contributed by atoms with Gasteiger partial charge in [0.2, 0.25) is 5.69 Å². The molecule has 0 bridgehead atoms. The van der Waals surface area contributed by atoms with Gasteiger partial charge in [-0.1, -0.05) is 23.7 Å². The molecular weight excluding hydrogens is 524 g/mol. The fourth-order valence-electron chi connectivity index (χ4n) is 4.92. The SMILES string of the molecule is CN(C(=O)O)c1ccc(-c2cnc(C3CC(O)c4cc(-c5cc(Cl)ccc5-n5cnnn5)c[n+]([O-])c43)[nH]2)cc1. The number of amides is 1. The highest BCUT2D eigenvalue weighted by Crippen LogP contribution is 2.43. The van der Waals surface area contributed by atoms with Gasteiger partial charge in [-0.3, -0.25) is 4.90 Å². The molecule has 39 heavy (non-hydrogen) atoms. The number of hydrogen-bond donors (Lipinski definition) is 3. The van der Waals surface area contributed by atoms with Crippen LogP contribution in [-0.4, -0.2) is 53.5 Å². The van der Waals surface area contributed by atoms with Crippen LogP contribution in [0.15, 0.2) is 67.3 Å². The number of hydrogen-bond acceptors (Lipinski definition) is 7. The van der Waals surface area contributed by atoms with E-state index in [1.54, 1.807) is 54.7 Å². The first-order valence-electron chi connectivity index (χ1n) is 11.9. The van der Waals surface area contributed by atoms with Gasteiger partial charge in [-0.2, -0.15) is 9.41 Å². The molecule has 1 aliphatic carbocycles. The highest BCUT2D eigenvalue weighted by Gasteiger charge is 2.40. The lowest BCUT2D eigenvalue weighted by Crippen LogP contribution is -2.33. The number of aromatic amines is 1. The first-order chi connectivity index (χ1) is 18.8. The van der Waals surface area contributed by atoms with Crippen LogP contribution in [0.2, 0.25) is 5.02 Å². The van der Waals surface area contributed by atoms with Gasteiger partial charge in [0, 0.05) is 28.9 Å². The maximum atomic E-state index is 13.4. The lowest BCUT2D eigenvalue weighted by molar-refractivity contribution is -0.614. The first-order valence-corrected chi connectivity index (χ1v) is 12.3. The number of carboxylic acid groups (broad SMARTS) is 1. The normalized spacial score (nSPS) is 16.3. The molecule has 1 aliphatic rings. The molecule has 0 saturated carbocycles. The standard InChI is InChI=1S/C26H21ClN8O4/c1-33(26(37)38)17-5-2-14(3-6-17)21-11-28-25(30-21)20-10-23(36)19-8-15(12-35(39)24(19)20)18-9-16(27)4-7-22(18)34-13-29-31-32-34/h2-9,11-13,20,23,36H,10H2,1H3,(H,28,30)(H,37,38). The number of nitrogens with one attached hydrogen (secondary N) is 1. The fraction of sp³-hybridized carbons (Fsp3) is 0.154. The van der Waals surface area contributed by atoms with Gasteiger partial charge in [-0.15, -0.1) is 5.10 Å². The summed E-state index contributed by atoms with van der Waals surface area (Å²) in [6.45, 7) is 0. The zero-order chi connectivity index (χ0) is 27.3. The van der Waals surface area contributed by atoms with Gasteiger partial charge in [-0.25, -0.2) is 9.78 Å². The first kappa shape index (κ1) is 24.5. The number of benzene rings is 2. The summed E-state index contributed by atoms with van der Waals surface area (Å²) in [7, 11) is 1.47. The van der Waals surface area contributed by atoms with E-state index in [4.69, 9.17) is 16.7 Å². The number of tetrazole rings is 1. The van der Waals surface area contributed by atoms with E-state index in [2.05, 4.69) is 25.5 Å². The Morgan fingerprint density at radius 1 is 1.21 bits per heavy atom. The largest absolute Gasteiger partial charge is 0.618 e. The molecule has 0 radical (unpaired) electrons. The molecule has 1 amide bonds. The van der Waals surface area contributed by atoms with Crippen molar-refractivity contribution in [1.82, 2.24) is 30.2 Å². The summed E-state index contributed by atoms with van der Waals surface area (Å²) in [4.78, 5) is 20.1. The number of fused-ring (bicyclic) bond motifs is 1. The fourth-order valence-corrected chi connectivity index (χ4v) is 5.09. The number of halogens is 1. The van der Waals surface area contributed by atoms with Gasteiger partial charge in [0.25, 0.3) is 0 Å². The number of nitrogens with zero attached hydrogens (tertiary/aromatic N) is 7. The summed E-state index contributed by atoms with van der Waals surface area (Å²) in [6, 6.07) is 13.9. The second-order valence-corrected chi connectivity index (χ2v) is 9.62. The van der Waals surface area contributed by atoms with Crippen molar-refractivity contribution in [2.45, 2.75) is 18.4 Å². The number of rotatable bonds is 5. The van der Waals surface area contributed by atoms with Crippen LogP contribution in [0, 0.1) is 5.21 Å². The van der Waals surface area contributed by atoms with E-state index >= 15 is 0 Å². The Hall–Kier alpha value is -4.81. The predicted octanol–water partition coefficient (Wildman–Crippen LogP) is 3.69. The lowest BCUT2D eigenvalue weighted by Gasteiger charge is -2.13. The Bertz CT molecular complexity index is 1690. The number of H-pyrrole nitrogens is 1. The lowest BCUT2D eigenvalue weighted by atomic mass is 10.0. The van der Waals surface area contributed by atoms with Crippen LogP contribution in [0.25, 0.3) is 28.1 Å². The minimum absolute atomic E-state index is 0.283. The molecule has 0 aliphatic heterocycles. The minimum Gasteiger partial charge on any atom is -0.618 e. The van der Waals surface area contributed by atoms with E-state index in [0.717, 1.165) is 15.2 Å². The molecule has 0 saturated heterocycles. The van der Waals surface area contributed by atoms with Crippen molar-refractivity contribution in [2.75, 3.05) is 11.9 Å². The van der Waals surface area contributed by atoms with Gasteiger partial charge in [0.05, 0.1) is 29.2 Å². The number of aliphatic hydroxyl groups excluding tert-OH is 1. The van der Waals surface area contributed by atoms with Crippen LogP contribution in [0.4, 0.5) is 10.5 Å². The number of pyridine rings is 1. The quantitative estimate of drug-likeness (QED) is 0.223. The molecular formula is C26H21ClN8O4. The van der Waals surface area contributed by atoms with Crippen molar-refractivity contribution in [3.8, 4) is 28.1 Å². The van der Waals surface area contributed by atoms with Gasteiger partial charge < -0.3 is 20.4 Å². The Labute approximate surface area is 226 Å². The average Bonchev–Trinajstić information content (AvgIpc) is 3.69. The van der Waals surface area contributed by atoms with Gasteiger partial charge in [0.1, 0.15) is 18.1 Å². The van der Waals surface area contributed by atoms with Crippen LogP contribution in [0.1, 0.15) is 35.5 Å². The maximum Gasteiger partial charge on any atom is 0.411 e. The molecule has 2 aromatic carbocycles. The highest BCUT2D eigenvalue weighted by atomic mass is 35.5. The van der Waals surface area contributed by atoms with Crippen LogP contribution in [0.3, 0.4) is 0 Å². The molecule has 196 valence electrons. The van der Waals surface area contributed by atoms with Crippen molar-refractivity contribution in [1.29, 1.82) is 0 Å². The van der Waals surface area contributed by atoms with Crippen LogP contribution >= 0.6 is 11.6 Å². The Morgan fingerprint density at radius 3 is 2.72 bits per heavy atom. The zero-order valence-corrected chi connectivity index (χ0v) is 21.2. The topological polar surface area (TPSA) is 160 Å². The van der Waals surface area contributed by atoms with Crippen LogP contribution < -0.4 is 9.63 Å². The van der Waals surface area contributed by atoms with E-state index in [1.807, 2.05) is 0 Å². The van der Waals surface area contributed by atoms with Crippen molar-refractivity contribution in [2.24, 2.45) is 0 Å². The number of imidazole rings is 1. The van der Waals surface area contributed by atoms with E-state index in [-0.39, 0.29) is 6.42 Å². The Balaban J connectivity index is 1.34.